The van der Waals surface area contributed by atoms with Crippen LogP contribution in [0.2, 0.25) is 0 Å². The number of nitrogens with zero attached hydrogens (tertiary/aromatic N) is 2. The molecule has 4 rings (SSSR count). The fourth-order valence-electron chi connectivity index (χ4n) is 3.60. The number of H-pyrrole nitrogens is 1. The fraction of sp³-hybridized carbons (Fsp3) is 0.300. The number of fused-ring (bicyclic) bond motifs is 1. The third-order valence-corrected chi connectivity index (χ3v) is 6.94. The van der Waals surface area contributed by atoms with Gasteiger partial charge in [0.25, 0.3) is 0 Å². The number of benzene rings is 2. The molecule has 6 nitrogen and oxygen atoms in total. The van der Waals surface area contributed by atoms with Crippen molar-refractivity contribution < 1.29 is 8.42 Å². The average molecular weight is 385 g/mol. The van der Waals surface area contributed by atoms with E-state index < -0.39 is 10.0 Å². The van der Waals surface area contributed by atoms with E-state index in [0.717, 1.165) is 47.4 Å². The molecule has 0 aliphatic carbocycles. The molecular weight excluding hydrogens is 360 g/mol. The van der Waals surface area contributed by atoms with Crippen molar-refractivity contribution >= 4 is 26.6 Å². The molecule has 0 bridgehead atoms. The Kier molecular flexibility index (Phi) is 4.46. The van der Waals surface area contributed by atoms with E-state index in [1.807, 2.05) is 30.3 Å². The Hall–Kier alpha value is -2.35. The van der Waals surface area contributed by atoms with Crippen molar-refractivity contribution in [2.24, 2.45) is 5.73 Å². The lowest BCUT2D eigenvalue weighted by molar-refractivity contribution is 0.521. The molecule has 1 fully saturated rings. The first-order valence-corrected chi connectivity index (χ1v) is 10.5. The summed E-state index contributed by atoms with van der Waals surface area (Å²) in [7, 11) is -0.418. The minimum absolute atomic E-state index is 0.144. The van der Waals surface area contributed by atoms with Crippen molar-refractivity contribution in [1.29, 1.82) is 0 Å². The number of aromatic nitrogens is 1. The van der Waals surface area contributed by atoms with Crippen LogP contribution >= 0.6 is 0 Å². The van der Waals surface area contributed by atoms with E-state index in [1.165, 1.54) is 4.31 Å². The Morgan fingerprint density at radius 1 is 1.15 bits per heavy atom. The van der Waals surface area contributed by atoms with Gasteiger partial charge in [-0.1, -0.05) is 18.2 Å². The van der Waals surface area contributed by atoms with Crippen molar-refractivity contribution in [3.8, 4) is 11.3 Å². The minimum Gasteiger partial charge on any atom is -0.369 e. The first-order valence-electron chi connectivity index (χ1n) is 9.01. The minimum atomic E-state index is -3.51. The molecule has 1 saturated heterocycles. The van der Waals surface area contributed by atoms with E-state index in [9.17, 15) is 8.42 Å². The normalized spacial score (nSPS) is 17.9. The predicted octanol–water partition coefficient (Wildman–Crippen LogP) is 2.62. The van der Waals surface area contributed by atoms with Gasteiger partial charge in [0.15, 0.2) is 0 Å². The van der Waals surface area contributed by atoms with E-state index >= 15 is 0 Å². The van der Waals surface area contributed by atoms with Crippen LogP contribution < -0.4 is 10.6 Å². The smallest absolute Gasteiger partial charge is 0.242 e. The number of para-hydroxylation sites is 1. The van der Waals surface area contributed by atoms with Gasteiger partial charge in [-0.25, -0.2) is 12.7 Å². The first-order chi connectivity index (χ1) is 12.9. The van der Waals surface area contributed by atoms with Gasteiger partial charge in [-0.2, -0.15) is 0 Å². The van der Waals surface area contributed by atoms with Crippen molar-refractivity contribution in [3.63, 3.8) is 0 Å². The molecule has 0 spiro atoms. The highest BCUT2D eigenvalue weighted by Gasteiger charge is 2.25. The number of aromatic amines is 1. The zero-order chi connectivity index (χ0) is 19.2. The van der Waals surface area contributed by atoms with Gasteiger partial charge in [-0.15, -0.1) is 0 Å². The van der Waals surface area contributed by atoms with Crippen LogP contribution in [0.3, 0.4) is 0 Å². The average Bonchev–Trinajstić information content (AvgIpc) is 3.27. The molecular formula is C20H24N4O2S. The van der Waals surface area contributed by atoms with Gasteiger partial charge < -0.3 is 15.6 Å². The highest BCUT2D eigenvalue weighted by molar-refractivity contribution is 7.89. The Morgan fingerprint density at radius 2 is 1.93 bits per heavy atom. The summed E-state index contributed by atoms with van der Waals surface area (Å²) in [5, 5.41) is 1.09. The molecule has 0 saturated carbocycles. The lowest BCUT2D eigenvalue weighted by Crippen LogP contribution is -2.27. The maximum Gasteiger partial charge on any atom is 0.242 e. The molecule has 142 valence electrons. The number of hydrogen-bond acceptors (Lipinski definition) is 4. The monoisotopic (exact) mass is 384 g/mol. The Morgan fingerprint density at radius 3 is 2.59 bits per heavy atom. The van der Waals surface area contributed by atoms with Gasteiger partial charge in [-0.05, 0) is 36.8 Å². The van der Waals surface area contributed by atoms with Crippen molar-refractivity contribution in [2.45, 2.75) is 17.4 Å². The van der Waals surface area contributed by atoms with Crippen LogP contribution in [0.5, 0.6) is 0 Å². The van der Waals surface area contributed by atoms with Crippen LogP contribution in [0, 0.1) is 0 Å². The first kappa shape index (κ1) is 18.0. The van der Waals surface area contributed by atoms with Crippen LogP contribution in [0.4, 0.5) is 5.69 Å². The molecule has 0 amide bonds. The van der Waals surface area contributed by atoms with Crippen molar-refractivity contribution in [3.05, 3.63) is 48.5 Å². The molecule has 1 aromatic heterocycles. The van der Waals surface area contributed by atoms with E-state index in [2.05, 4.69) is 16.0 Å². The Labute approximate surface area is 159 Å². The highest BCUT2D eigenvalue weighted by Crippen LogP contribution is 2.36. The second-order valence-electron chi connectivity index (χ2n) is 7.23. The maximum atomic E-state index is 12.7. The van der Waals surface area contributed by atoms with Gasteiger partial charge >= 0.3 is 0 Å². The number of nitrogens with one attached hydrogen (secondary N) is 1. The van der Waals surface area contributed by atoms with E-state index in [0.29, 0.717) is 0 Å². The molecule has 1 aliphatic heterocycles. The standard InChI is InChI=1S/C20H24N4O2S/c1-23(2)27(25,26)16-7-8-20(24-10-9-15(21)13-24)17(12-16)19-11-14-5-3-4-6-18(14)22-19/h3-8,11-12,15,22H,9-10,13,21H2,1-2H3. The molecule has 1 atom stereocenters. The molecule has 1 aliphatic rings. The van der Waals surface area contributed by atoms with Crippen LogP contribution in [0.15, 0.2) is 53.4 Å². The van der Waals surface area contributed by atoms with E-state index in [-0.39, 0.29) is 10.9 Å². The third kappa shape index (κ3) is 3.22. The van der Waals surface area contributed by atoms with Gasteiger partial charge in [0.2, 0.25) is 10.0 Å². The van der Waals surface area contributed by atoms with Crippen LogP contribution in [0.25, 0.3) is 22.2 Å². The van der Waals surface area contributed by atoms with Crippen LogP contribution in [-0.2, 0) is 10.0 Å². The summed E-state index contributed by atoms with van der Waals surface area (Å²) in [5.74, 6) is 0. The lowest BCUT2D eigenvalue weighted by atomic mass is 10.1. The quantitative estimate of drug-likeness (QED) is 0.724. The number of rotatable bonds is 4. The summed E-state index contributed by atoms with van der Waals surface area (Å²) in [6.07, 6.45) is 0.934. The van der Waals surface area contributed by atoms with Crippen LogP contribution in [-0.4, -0.2) is 50.9 Å². The zero-order valence-corrected chi connectivity index (χ0v) is 16.3. The second kappa shape index (κ2) is 6.67. The summed E-state index contributed by atoms with van der Waals surface area (Å²) < 4.78 is 26.5. The Bertz CT molecular complexity index is 1060. The number of hydrogen-bond donors (Lipinski definition) is 2. The number of nitrogens with two attached hydrogens (primary N) is 1. The summed E-state index contributed by atoms with van der Waals surface area (Å²) in [6, 6.07) is 15.6. The van der Waals surface area contributed by atoms with Crippen molar-refractivity contribution in [1.82, 2.24) is 9.29 Å². The van der Waals surface area contributed by atoms with Gasteiger partial charge in [0, 0.05) is 61.1 Å². The predicted molar refractivity (Wildman–Crippen MR) is 109 cm³/mol. The molecule has 2 heterocycles. The zero-order valence-electron chi connectivity index (χ0n) is 15.5. The molecule has 1 unspecified atom stereocenters. The van der Waals surface area contributed by atoms with E-state index in [1.54, 1.807) is 26.2 Å². The molecule has 3 N–H and O–H groups in total. The van der Waals surface area contributed by atoms with Gasteiger partial charge in [0.1, 0.15) is 0 Å². The number of sulfonamides is 1. The van der Waals surface area contributed by atoms with Gasteiger partial charge in [0.05, 0.1) is 4.90 Å². The molecule has 2 aromatic carbocycles. The SMILES string of the molecule is CN(C)S(=O)(=O)c1ccc(N2CCC(N)C2)c(-c2cc3ccccc3[nH]2)c1. The fourth-order valence-corrected chi connectivity index (χ4v) is 4.53. The largest absolute Gasteiger partial charge is 0.369 e. The molecule has 27 heavy (non-hydrogen) atoms. The van der Waals surface area contributed by atoms with Crippen molar-refractivity contribution in [2.75, 3.05) is 32.1 Å². The summed E-state index contributed by atoms with van der Waals surface area (Å²) in [5.41, 5.74) is 9.91. The Balaban J connectivity index is 1.89. The molecule has 3 aromatic rings. The second-order valence-corrected chi connectivity index (χ2v) is 9.38. The van der Waals surface area contributed by atoms with Gasteiger partial charge in [-0.3, -0.25) is 0 Å². The summed E-state index contributed by atoms with van der Waals surface area (Å²) >= 11 is 0. The third-order valence-electron chi connectivity index (χ3n) is 5.13. The van der Waals surface area contributed by atoms with E-state index in [4.69, 9.17) is 5.73 Å². The maximum absolute atomic E-state index is 12.7. The highest BCUT2D eigenvalue weighted by atomic mass is 32.2. The molecule has 7 heteroatoms. The summed E-state index contributed by atoms with van der Waals surface area (Å²) in [6.45, 7) is 1.64. The lowest BCUT2D eigenvalue weighted by Gasteiger charge is -2.22. The molecule has 0 radical (unpaired) electrons. The summed E-state index contributed by atoms with van der Waals surface area (Å²) in [4.78, 5) is 5.95. The number of anilines is 1. The topological polar surface area (TPSA) is 82.4 Å². The van der Waals surface area contributed by atoms with Crippen LogP contribution in [0.1, 0.15) is 6.42 Å².